The van der Waals surface area contributed by atoms with Crippen LogP contribution in [0.1, 0.15) is 23.7 Å². The summed E-state index contributed by atoms with van der Waals surface area (Å²) in [6.45, 7) is -0.0805. The molecule has 0 fully saturated rings. The number of phenols is 2. The van der Waals surface area contributed by atoms with Crippen molar-refractivity contribution in [2.24, 2.45) is 17.2 Å². The van der Waals surface area contributed by atoms with Crippen molar-refractivity contribution >= 4 is 54.9 Å². The SMILES string of the molecule is Cl.Cl.Cl.NCCNC(=O)[C@H]1NC(=O)[C@H](C[C@@H](O)CN)NC(=O)[C@H](N)Cc2cc(ccc2O)-c2ccc(O)c(c2)[C@H]1O. The molecule has 0 aliphatic carbocycles. The third kappa shape index (κ3) is 9.58. The van der Waals surface area contributed by atoms with Gasteiger partial charge >= 0.3 is 0 Å². The third-order valence-corrected chi connectivity index (χ3v) is 6.29. The summed E-state index contributed by atoms with van der Waals surface area (Å²) >= 11 is 0. The predicted molar refractivity (Wildman–Crippen MR) is 159 cm³/mol. The van der Waals surface area contributed by atoms with Gasteiger partial charge in [0.05, 0.1) is 12.1 Å². The molecule has 230 valence electrons. The first-order valence-corrected chi connectivity index (χ1v) is 12.1. The maximum atomic E-state index is 13.3. The average Bonchev–Trinajstić information content (AvgIpc) is 2.90. The average molecular weight is 640 g/mol. The molecule has 1 aliphatic rings. The number of rotatable bonds is 6. The molecule has 2 aromatic rings. The predicted octanol–water partition coefficient (Wildman–Crippen LogP) is -1.30. The van der Waals surface area contributed by atoms with Crippen LogP contribution in [0.4, 0.5) is 0 Å². The number of aliphatic hydroxyl groups is 2. The zero-order valence-electron chi connectivity index (χ0n) is 21.9. The lowest BCUT2D eigenvalue weighted by atomic mass is 9.94. The zero-order chi connectivity index (χ0) is 28.0. The van der Waals surface area contributed by atoms with Crippen LogP contribution in [0.5, 0.6) is 11.5 Å². The van der Waals surface area contributed by atoms with E-state index in [1.54, 1.807) is 18.2 Å². The molecule has 41 heavy (non-hydrogen) atoms. The number of aliphatic hydroxyl groups excluding tert-OH is 2. The maximum Gasteiger partial charge on any atom is 0.245 e. The molecule has 1 aliphatic heterocycles. The fourth-order valence-corrected chi connectivity index (χ4v) is 4.13. The van der Waals surface area contributed by atoms with E-state index in [2.05, 4.69) is 16.0 Å². The molecule has 0 spiro atoms. The number of carbonyl (C=O) groups excluding carboxylic acids is 3. The van der Waals surface area contributed by atoms with Crippen molar-refractivity contribution in [1.82, 2.24) is 16.0 Å². The number of fused-ring (bicyclic) bond motifs is 5. The van der Waals surface area contributed by atoms with Crippen LogP contribution in [0, 0.1) is 0 Å². The summed E-state index contributed by atoms with van der Waals surface area (Å²) in [7, 11) is 0. The highest BCUT2D eigenvalue weighted by molar-refractivity contribution is 5.93. The first-order valence-electron chi connectivity index (χ1n) is 12.1. The number of amides is 3. The van der Waals surface area contributed by atoms with Gasteiger partial charge < -0.3 is 53.6 Å². The van der Waals surface area contributed by atoms with Crippen molar-refractivity contribution < 1.29 is 34.8 Å². The molecule has 0 saturated heterocycles. The molecular weight excluding hydrogens is 603 g/mol. The van der Waals surface area contributed by atoms with E-state index in [4.69, 9.17) is 17.2 Å². The van der Waals surface area contributed by atoms with Gasteiger partial charge in [-0.2, -0.15) is 0 Å². The second-order valence-corrected chi connectivity index (χ2v) is 9.12. The molecule has 0 aromatic heterocycles. The van der Waals surface area contributed by atoms with Crippen LogP contribution in [0.15, 0.2) is 36.4 Å². The quantitative estimate of drug-likeness (QED) is 0.179. The van der Waals surface area contributed by atoms with Gasteiger partial charge in [0.1, 0.15) is 29.7 Å². The summed E-state index contributed by atoms with van der Waals surface area (Å²) in [4.78, 5) is 39.2. The summed E-state index contributed by atoms with van der Waals surface area (Å²) in [6, 6.07) is 4.79. The lowest BCUT2D eigenvalue weighted by Gasteiger charge is -2.28. The second kappa shape index (κ2) is 17.2. The smallest absolute Gasteiger partial charge is 0.245 e. The molecule has 3 amide bonds. The Morgan fingerprint density at radius 2 is 1.59 bits per heavy atom. The van der Waals surface area contributed by atoms with E-state index in [1.165, 1.54) is 18.2 Å². The van der Waals surface area contributed by atoms with Gasteiger partial charge in [-0.1, -0.05) is 12.1 Å². The molecule has 1 heterocycles. The second-order valence-electron chi connectivity index (χ2n) is 9.12. The van der Waals surface area contributed by atoms with Crippen LogP contribution in [0.2, 0.25) is 0 Å². The van der Waals surface area contributed by atoms with E-state index in [0.717, 1.165) is 0 Å². The molecule has 13 N–H and O–H groups in total. The Hall–Kier alpha value is -2.88. The standard InChI is InChI=1S/C25H34N6O7.3ClH/c26-5-6-29-25(38)21-22(35)16-8-13(2-4-20(16)34)12-1-3-19(33)14(7-12)9-17(28)23(36)30-18(24(37)31-21)10-15(32)11-27;;;/h1-4,7-8,15,17-18,21-22,32-35H,5-6,9-11,26-28H2,(H,29,38)(H,30,36)(H,31,37);3*1H/t15-,17-,18+,21+,22-;;;/m1.../s1. The Balaban J connectivity index is 0.00000533. The topological polar surface area (TPSA) is 246 Å². The van der Waals surface area contributed by atoms with Gasteiger partial charge in [-0.05, 0) is 41.0 Å². The lowest BCUT2D eigenvalue weighted by Crippen LogP contribution is -2.58. The van der Waals surface area contributed by atoms with Gasteiger partial charge in [0, 0.05) is 38.0 Å². The van der Waals surface area contributed by atoms with Crippen LogP contribution >= 0.6 is 37.2 Å². The molecule has 0 saturated carbocycles. The minimum absolute atomic E-state index is 0. The van der Waals surface area contributed by atoms with Gasteiger partial charge in [-0.25, -0.2) is 0 Å². The molecule has 5 atom stereocenters. The van der Waals surface area contributed by atoms with E-state index in [9.17, 15) is 34.8 Å². The van der Waals surface area contributed by atoms with Gasteiger partial charge in [0.2, 0.25) is 17.7 Å². The first-order chi connectivity index (χ1) is 18.0. The number of phenolic OH excluding ortho intramolecular Hbond substituents is 2. The molecule has 0 unspecified atom stereocenters. The Morgan fingerprint density at radius 3 is 2.20 bits per heavy atom. The Kier molecular flexibility index (Phi) is 16.0. The van der Waals surface area contributed by atoms with Crippen molar-refractivity contribution in [3.05, 3.63) is 47.5 Å². The van der Waals surface area contributed by atoms with Crippen molar-refractivity contribution in [2.45, 2.75) is 43.2 Å². The van der Waals surface area contributed by atoms with Crippen molar-refractivity contribution in [3.8, 4) is 22.6 Å². The highest BCUT2D eigenvalue weighted by Crippen LogP contribution is 2.34. The number of nitrogens with one attached hydrogen (secondary N) is 3. The summed E-state index contributed by atoms with van der Waals surface area (Å²) in [5.74, 6) is -2.89. The van der Waals surface area contributed by atoms with E-state index in [-0.39, 0.29) is 86.8 Å². The van der Waals surface area contributed by atoms with Crippen LogP contribution in [-0.2, 0) is 20.8 Å². The molecule has 0 radical (unpaired) electrons. The largest absolute Gasteiger partial charge is 0.508 e. The summed E-state index contributed by atoms with van der Waals surface area (Å²) in [5, 5.41) is 49.6. The molecule has 13 nitrogen and oxygen atoms in total. The Labute approximate surface area is 255 Å². The summed E-state index contributed by atoms with van der Waals surface area (Å²) in [5.41, 5.74) is 18.4. The monoisotopic (exact) mass is 638 g/mol. The molecule has 16 heteroatoms. The van der Waals surface area contributed by atoms with Crippen LogP contribution < -0.4 is 33.2 Å². The summed E-state index contributed by atoms with van der Waals surface area (Å²) < 4.78 is 0. The number of hydrogen-bond acceptors (Lipinski definition) is 10. The minimum Gasteiger partial charge on any atom is -0.508 e. The minimum atomic E-state index is -1.73. The fraction of sp³-hybridized carbons (Fsp3) is 0.400. The highest BCUT2D eigenvalue weighted by atomic mass is 35.5. The zero-order valence-corrected chi connectivity index (χ0v) is 24.3. The number of hydrogen-bond donors (Lipinski definition) is 10. The first kappa shape index (κ1) is 38.1. The molecular formula is C25H37Cl3N6O7. The van der Waals surface area contributed by atoms with E-state index >= 15 is 0 Å². The molecule has 2 aromatic carbocycles. The summed E-state index contributed by atoms with van der Waals surface area (Å²) in [6.07, 6.45) is -3.30. The third-order valence-electron chi connectivity index (χ3n) is 6.29. The van der Waals surface area contributed by atoms with Crippen molar-refractivity contribution in [2.75, 3.05) is 19.6 Å². The van der Waals surface area contributed by atoms with Crippen LogP contribution in [-0.4, -0.2) is 82.0 Å². The van der Waals surface area contributed by atoms with Crippen LogP contribution in [0.25, 0.3) is 11.1 Å². The lowest BCUT2D eigenvalue weighted by molar-refractivity contribution is -0.135. The van der Waals surface area contributed by atoms with E-state index < -0.39 is 48.1 Å². The molecule has 4 bridgehead atoms. The molecule has 3 rings (SSSR count). The maximum absolute atomic E-state index is 13.3. The number of nitrogens with two attached hydrogens (primary N) is 3. The fourth-order valence-electron chi connectivity index (χ4n) is 4.13. The van der Waals surface area contributed by atoms with Gasteiger partial charge in [-0.3, -0.25) is 14.4 Å². The highest BCUT2D eigenvalue weighted by Gasteiger charge is 2.35. The van der Waals surface area contributed by atoms with Gasteiger partial charge in [0.15, 0.2) is 0 Å². The normalized spacial score (nSPS) is 21.2. The van der Waals surface area contributed by atoms with Gasteiger partial charge in [0.25, 0.3) is 0 Å². The Bertz CT molecular complexity index is 1190. The number of aromatic hydroxyl groups is 2. The number of carbonyl (C=O) groups is 3. The number of benzene rings is 2. The van der Waals surface area contributed by atoms with E-state index in [1.807, 2.05) is 0 Å². The van der Waals surface area contributed by atoms with Crippen molar-refractivity contribution in [1.29, 1.82) is 0 Å². The van der Waals surface area contributed by atoms with Gasteiger partial charge in [-0.15, -0.1) is 37.2 Å². The van der Waals surface area contributed by atoms with Crippen molar-refractivity contribution in [3.63, 3.8) is 0 Å². The van der Waals surface area contributed by atoms with E-state index in [0.29, 0.717) is 16.7 Å². The van der Waals surface area contributed by atoms with Crippen LogP contribution in [0.3, 0.4) is 0 Å². The Morgan fingerprint density at radius 1 is 0.976 bits per heavy atom. The number of halogens is 3.